The van der Waals surface area contributed by atoms with E-state index >= 15 is 0 Å². The van der Waals surface area contributed by atoms with Gasteiger partial charge in [0.1, 0.15) is 5.58 Å². The molecule has 0 aliphatic heterocycles. The van der Waals surface area contributed by atoms with Gasteiger partial charge >= 0.3 is 0 Å². The van der Waals surface area contributed by atoms with Crippen molar-refractivity contribution in [3.05, 3.63) is 175 Å². The number of rotatable bonds is 4. The van der Waals surface area contributed by atoms with E-state index in [1.165, 1.54) is 27.8 Å². The smallest absolute Gasteiger partial charge is 0.120 e. The molecule has 249 valence electrons. The Labute approximate surface area is 311 Å². The standard InChI is InChI=1S/C35H25N2O.C11H8N.Ir/c1-21-8-6-9-22(2)34(21)31-17-15-26-23(3)25(14-16-30(26)37-31)24-18-19-36-32(20-24)29-12-7-11-28-27-10-4-5-13-33(27)38-35(28)29;1-2-6-10(7-3-1)11-8-4-5-9-12-11;/h4-11,13-20H,1-3H3;1-6,8-9H;/q2*-1;. The summed E-state index contributed by atoms with van der Waals surface area (Å²) < 4.78 is 6.25. The summed E-state index contributed by atoms with van der Waals surface area (Å²) in [4.78, 5) is 14.0. The van der Waals surface area contributed by atoms with Crippen LogP contribution in [-0.2, 0) is 20.1 Å². The molecule has 1 radical (unpaired) electrons. The molecule has 9 rings (SSSR count). The summed E-state index contributed by atoms with van der Waals surface area (Å²) in [6.07, 6.45) is 3.65. The second-order valence-corrected chi connectivity index (χ2v) is 12.4. The molecule has 5 heteroatoms. The number of fused-ring (bicyclic) bond motifs is 4. The fourth-order valence-electron chi connectivity index (χ4n) is 6.71. The van der Waals surface area contributed by atoms with Crippen LogP contribution in [0.4, 0.5) is 0 Å². The normalized spacial score (nSPS) is 10.9. The number of hydrogen-bond acceptors (Lipinski definition) is 4. The van der Waals surface area contributed by atoms with Crippen LogP contribution in [0, 0.1) is 32.9 Å². The van der Waals surface area contributed by atoms with Gasteiger partial charge in [-0.15, -0.1) is 54.1 Å². The number of benzene rings is 5. The van der Waals surface area contributed by atoms with Gasteiger partial charge in [-0.3, -0.25) is 0 Å². The molecule has 0 fully saturated rings. The quantitative estimate of drug-likeness (QED) is 0.166. The topological polar surface area (TPSA) is 51.8 Å². The first-order valence-electron chi connectivity index (χ1n) is 16.7. The van der Waals surface area contributed by atoms with E-state index in [4.69, 9.17) is 14.4 Å². The fraction of sp³-hybridized carbons (Fsp3) is 0.0652. The zero-order valence-electron chi connectivity index (χ0n) is 28.4. The van der Waals surface area contributed by atoms with Crippen LogP contribution in [0.25, 0.3) is 77.7 Å². The predicted octanol–water partition coefficient (Wildman–Crippen LogP) is 11.8. The van der Waals surface area contributed by atoms with E-state index in [-0.39, 0.29) is 20.1 Å². The maximum absolute atomic E-state index is 6.25. The van der Waals surface area contributed by atoms with Crippen molar-refractivity contribution in [2.24, 2.45) is 0 Å². The Morgan fingerprint density at radius 2 is 1.37 bits per heavy atom. The Bertz CT molecular complexity index is 2570. The number of pyridine rings is 3. The zero-order valence-corrected chi connectivity index (χ0v) is 30.8. The molecule has 0 saturated heterocycles. The molecule has 4 heterocycles. The third-order valence-electron chi connectivity index (χ3n) is 9.19. The number of furan rings is 1. The number of nitrogens with zero attached hydrogens (tertiary/aromatic N) is 3. The van der Waals surface area contributed by atoms with Gasteiger partial charge in [0.25, 0.3) is 0 Å². The monoisotopic (exact) mass is 836 g/mol. The van der Waals surface area contributed by atoms with Crippen LogP contribution < -0.4 is 0 Å². The van der Waals surface area contributed by atoms with Gasteiger partial charge in [0.15, 0.2) is 0 Å². The van der Waals surface area contributed by atoms with E-state index in [0.29, 0.717) is 0 Å². The van der Waals surface area contributed by atoms with Gasteiger partial charge in [-0.1, -0.05) is 77.7 Å². The van der Waals surface area contributed by atoms with Crippen LogP contribution in [-0.4, -0.2) is 15.0 Å². The Morgan fingerprint density at radius 1 is 0.569 bits per heavy atom. The molecule has 51 heavy (non-hydrogen) atoms. The maximum atomic E-state index is 6.25. The average molecular weight is 836 g/mol. The zero-order chi connectivity index (χ0) is 34.0. The number of aromatic nitrogens is 3. The van der Waals surface area contributed by atoms with E-state index in [2.05, 4.69) is 105 Å². The molecule has 5 aromatic carbocycles. The van der Waals surface area contributed by atoms with E-state index in [9.17, 15) is 0 Å². The van der Waals surface area contributed by atoms with Crippen molar-refractivity contribution in [3.63, 3.8) is 0 Å². The average Bonchev–Trinajstić information content (AvgIpc) is 3.55. The van der Waals surface area contributed by atoms with Crippen LogP contribution in [0.15, 0.2) is 150 Å². The van der Waals surface area contributed by atoms with E-state index in [1.54, 1.807) is 6.20 Å². The minimum atomic E-state index is 0. The molecule has 0 aliphatic carbocycles. The summed E-state index contributed by atoms with van der Waals surface area (Å²) in [6.45, 7) is 6.46. The molecule has 0 N–H and O–H groups in total. The third kappa shape index (κ3) is 6.62. The Hall–Kier alpha value is -5.74. The molecule has 9 aromatic rings. The van der Waals surface area contributed by atoms with Crippen molar-refractivity contribution in [3.8, 4) is 44.9 Å². The first-order chi connectivity index (χ1) is 24.5. The van der Waals surface area contributed by atoms with Crippen molar-refractivity contribution < 1.29 is 24.5 Å². The third-order valence-corrected chi connectivity index (χ3v) is 9.19. The first-order valence-corrected chi connectivity index (χ1v) is 16.7. The molecule has 0 unspecified atom stereocenters. The number of aryl methyl sites for hydroxylation is 3. The summed E-state index contributed by atoms with van der Waals surface area (Å²) in [5, 5.41) is 3.34. The molecule has 0 spiro atoms. The molecule has 0 aliphatic rings. The van der Waals surface area contributed by atoms with Crippen LogP contribution >= 0.6 is 0 Å². The van der Waals surface area contributed by atoms with Crippen LogP contribution in [0.5, 0.6) is 0 Å². The van der Waals surface area contributed by atoms with Crippen molar-refractivity contribution in [2.75, 3.05) is 0 Å². The van der Waals surface area contributed by atoms with Gasteiger partial charge < -0.3 is 14.4 Å². The van der Waals surface area contributed by atoms with Crippen LogP contribution in [0.1, 0.15) is 16.7 Å². The molecule has 4 aromatic heterocycles. The van der Waals surface area contributed by atoms with E-state index < -0.39 is 0 Å². The largest absolute Gasteiger partial charge is 0.501 e. The molecule has 0 amide bonds. The minimum absolute atomic E-state index is 0. The predicted molar refractivity (Wildman–Crippen MR) is 205 cm³/mol. The summed E-state index contributed by atoms with van der Waals surface area (Å²) in [6, 6.07) is 51.6. The van der Waals surface area contributed by atoms with E-state index in [0.717, 1.165) is 66.6 Å². The molecule has 0 atom stereocenters. The van der Waals surface area contributed by atoms with E-state index in [1.807, 2.05) is 72.9 Å². The van der Waals surface area contributed by atoms with Crippen molar-refractivity contribution in [2.45, 2.75) is 20.8 Å². The van der Waals surface area contributed by atoms with Gasteiger partial charge in [-0.2, -0.15) is 0 Å². The molecule has 0 saturated carbocycles. The molecular weight excluding hydrogens is 803 g/mol. The summed E-state index contributed by atoms with van der Waals surface area (Å²) in [7, 11) is 0. The summed E-state index contributed by atoms with van der Waals surface area (Å²) >= 11 is 0. The van der Waals surface area contributed by atoms with Gasteiger partial charge in [0.2, 0.25) is 0 Å². The Balaban J connectivity index is 0.000000265. The summed E-state index contributed by atoms with van der Waals surface area (Å²) in [5.74, 6) is 0. The van der Waals surface area contributed by atoms with Gasteiger partial charge in [-0.25, -0.2) is 4.98 Å². The molecule has 4 nitrogen and oxygen atoms in total. The van der Waals surface area contributed by atoms with Crippen molar-refractivity contribution in [1.82, 2.24) is 15.0 Å². The second-order valence-electron chi connectivity index (χ2n) is 12.4. The maximum Gasteiger partial charge on any atom is 0.120 e. The molecular formula is C46H33IrN3O-2. The van der Waals surface area contributed by atoms with Crippen molar-refractivity contribution in [1.29, 1.82) is 0 Å². The van der Waals surface area contributed by atoms with Crippen molar-refractivity contribution >= 4 is 32.8 Å². The molecule has 0 bridgehead atoms. The van der Waals surface area contributed by atoms with Crippen LogP contribution in [0.2, 0.25) is 0 Å². The van der Waals surface area contributed by atoms with Gasteiger partial charge in [0, 0.05) is 48.8 Å². The first kappa shape index (κ1) is 33.7. The SMILES string of the molecule is Cc1cccc(C)c1-c1ccc2c(C)c(-c3ccnc(-c4[c-]ccc5c4oc4ccccc45)c3)ccc2n1.[Ir].[c-]1ccccc1-c1ccccn1. The number of hydrogen-bond donors (Lipinski definition) is 0. The fourth-order valence-corrected chi connectivity index (χ4v) is 6.71. The number of para-hydroxylation sites is 1. The Morgan fingerprint density at radius 3 is 2.18 bits per heavy atom. The Kier molecular flexibility index (Phi) is 9.67. The van der Waals surface area contributed by atoms with Crippen LogP contribution in [0.3, 0.4) is 0 Å². The second kappa shape index (κ2) is 14.6. The van der Waals surface area contributed by atoms with Gasteiger partial charge in [0.05, 0.1) is 16.8 Å². The van der Waals surface area contributed by atoms with Gasteiger partial charge in [-0.05, 0) is 90.3 Å². The minimum Gasteiger partial charge on any atom is -0.501 e. The summed E-state index contributed by atoms with van der Waals surface area (Å²) in [5.41, 5.74) is 14.6.